The molecule has 0 spiro atoms. The maximum Gasteiger partial charge on any atom is 0.262 e. The van der Waals surface area contributed by atoms with E-state index in [-0.39, 0.29) is 17.9 Å². The van der Waals surface area contributed by atoms with Gasteiger partial charge in [0.1, 0.15) is 10.7 Å². The molecule has 0 atom stereocenters. The number of aromatic nitrogens is 2. The van der Waals surface area contributed by atoms with Gasteiger partial charge in [-0.25, -0.2) is 4.98 Å². The maximum absolute atomic E-state index is 13.4. The van der Waals surface area contributed by atoms with E-state index in [1.54, 1.807) is 15.9 Å². The molecule has 0 saturated carbocycles. The zero-order valence-corrected chi connectivity index (χ0v) is 16.3. The third kappa shape index (κ3) is 3.41. The van der Waals surface area contributed by atoms with E-state index in [0.717, 1.165) is 40.6 Å². The van der Waals surface area contributed by atoms with E-state index in [2.05, 4.69) is 0 Å². The summed E-state index contributed by atoms with van der Waals surface area (Å²) in [4.78, 5) is 31.7. The second kappa shape index (κ2) is 7.27. The zero-order valence-electron chi connectivity index (χ0n) is 15.5. The van der Waals surface area contributed by atoms with E-state index in [9.17, 15) is 9.59 Å². The highest BCUT2D eigenvalue weighted by Crippen LogP contribution is 2.35. The van der Waals surface area contributed by atoms with Crippen LogP contribution in [0.4, 0.5) is 0 Å². The highest BCUT2D eigenvalue weighted by atomic mass is 32.1. The molecule has 0 bridgehead atoms. The smallest absolute Gasteiger partial charge is 0.262 e. The first kappa shape index (κ1) is 17.9. The van der Waals surface area contributed by atoms with Crippen LogP contribution >= 0.6 is 11.3 Å². The van der Waals surface area contributed by atoms with Crippen molar-refractivity contribution in [2.24, 2.45) is 5.73 Å². The Morgan fingerprint density at radius 2 is 2.11 bits per heavy atom. The van der Waals surface area contributed by atoms with Crippen LogP contribution < -0.4 is 11.3 Å². The summed E-state index contributed by atoms with van der Waals surface area (Å²) in [6.07, 6.45) is 5.10. The van der Waals surface area contributed by atoms with Gasteiger partial charge in [0.15, 0.2) is 0 Å². The van der Waals surface area contributed by atoms with Crippen molar-refractivity contribution in [2.45, 2.75) is 52.0 Å². The summed E-state index contributed by atoms with van der Waals surface area (Å²) in [7, 11) is 0. The van der Waals surface area contributed by atoms with E-state index in [1.165, 1.54) is 16.9 Å². The Bertz CT molecular complexity index is 1080. The third-order valence-electron chi connectivity index (χ3n) is 5.16. The topological polar surface area (TPSA) is 78.0 Å². The lowest BCUT2D eigenvalue weighted by atomic mass is 9.97. The molecular weight excluding hydrogens is 358 g/mol. The number of hydrogen-bond donors (Lipinski definition) is 1. The van der Waals surface area contributed by atoms with Crippen LogP contribution in [0.2, 0.25) is 0 Å². The average molecular weight is 382 g/mol. The molecule has 5 nitrogen and oxygen atoms in total. The molecule has 0 saturated heterocycles. The minimum Gasteiger partial charge on any atom is -0.370 e. The fourth-order valence-corrected chi connectivity index (χ4v) is 5.11. The molecule has 0 unspecified atom stereocenters. The summed E-state index contributed by atoms with van der Waals surface area (Å²) < 4.78 is 1.74. The summed E-state index contributed by atoms with van der Waals surface area (Å²) in [6, 6.07) is 8.04. The van der Waals surface area contributed by atoms with Crippen LogP contribution in [0.3, 0.4) is 0 Å². The lowest BCUT2D eigenvalue weighted by molar-refractivity contribution is -0.118. The number of carbonyl (C=O) groups excluding carboxylic acids is 1. The number of thiophene rings is 1. The van der Waals surface area contributed by atoms with Crippen LogP contribution in [0.5, 0.6) is 0 Å². The number of aryl methyl sites for hydroxylation is 3. The van der Waals surface area contributed by atoms with Gasteiger partial charge in [-0.05, 0) is 50.7 Å². The first-order chi connectivity index (χ1) is 13.0. The van der Waals surface area contributed by atoms with E-state index in [0.29, 0.717) is 18.8 Å². The Morgan fingerprint density at radius 1 is 1.30 bits per heavy atom. The van der Waals surface area contributed by atoms with Crippen LogP contribution in [0, 0.1) is 6.92 Å². The molecule has 0 fully saturated rings. The number of amides is 1. The van der Waals surface area contributed by atoms with Crippen molar-refractivity contribution < 1.29 is 4.79 Å². The fraction of sp³-hybridized carbons (Fsp3) is 0.381. The van der Waals surface area contributed by atoms with Crippen LogP contribution in [0.1, 0.15) is 41.7 Å². The van der Waals surface area contributed by atoms with Gasteiger partial charge in [0.25, 0.3) is 5.56 Å². The number of hydrogen-bond acceptors (Lipinski definition) is 4. The van der Waals surface area contributed by atoms with Gasteiger partial charge >= 0.3 is 0 Å². The molecule has 1 aromatic carbocycles. The normalized spacial score (nSPS) is 13.7. The molecule has 0 radical (unpaired) electrons. The number of fused-ring (bicyclic) bond motifs is 3. The molecule has 6 heteroatoms. The van der Waals surface area contributed by atoms with Gasteiger partial charge < -0.3 is 5.73 Å². The van der Waals surface area contributed by atoms with Crippen molar-refractivity contribution in [3.63, 3.8) is 0 Å². The van der Waals surface area contributed by atoms with Gasteiger partial charge in [0.05, 0.1) is 5.39 Å². The number of benzene rings is 1. The molecule has 4 rings (SSSR count). The largest absolute Gasteiger partial charge is 0.370 e. The number of rotatable bonds is 5. The Labute approximate surface area is 161 Å². The predicted octanol–water partition coefficient (Wildman–Crippen LogP) is 3.58. The number of nitrogens with zero attached hydrogens (tertiary/aromatic N) is 2. The average Bonchev–Trinajstić information content (AvgIpc) is 3.01. The van der Waals surface area contributed by atoms with Crippen molar-refractivity contribution in [3.8, 4) is 11.4 Å². The Hall–Kier alpha value is -2.47. The first-order valence-electron chi connectivity index (χ1n) is 9.45. The molecule has 0 aliphatic heterocycles. The fourth-order valence-electron chi connectivity index (χ4n) is 3.86. The molecule has 3 aromatic rings. The highest BCUT2D eigenvalue weighted by Gasteiger charge is 2.22. The molecule has 140 valence electrons. The van der Waals surface area contributed by atoms with Crippen LogP contribution in [0.25, 0.3) is 21.6 Å². The molecule has 1 aliphatic carbocycles. The summed E-state index contributed by atoms with van der Waals surface area (Å²) in [5.74, 6) is 0.335. The van der Waals surface area contributed by atoms with Gasteiger partial charge in [0.2, 0.25) is 5.91 Å². The summed E-state index contributed by atoms with van der Waals surface area (Å²) in [5, 5.41) is 0.783. The van der Waals surface area contributed by atoms with Crippen molar-refractivity contribution in [2.75, 3.05) is 0 Å². The minimum absolute atomic E-state index is 0.0142. The number of primary amides is 1. The number of carbonyl (C=O) groups is 1. The molecule has 27 heavy (non-hydrogen) atoms. The van der Waals surface area contributed by atoms with Crippen LogP contribution in [-0.2, 0) is 24.2 Å². The third-order valence-corrected chi connectivity index (χ3v) is 6.34. The molecule has 1 amide bonds. The second-order valence-corrected chi connectivity index (χ2v) is 8.31. The predicted molar refractivity (Wildman–Crippen MR) is 109 cm³/mol. The standard InChI is InChI=1S/C21H23N3O2S/c1-13-6-4-7-14(12-13)19-23-20-18(15-8-2-3-9-16(15)27-20)21(26)24(19)11-5-10-17(22)25/h4,6-7,12H,2-3,5,8-11H2,1H3,(H2,22,25). The lowest BCUT2D eigenvalue weighted by Gasteiger charge is -2.14. The maximum atomic E-state index is 13.4. The molecule has 1 aliphatic rings. The lowest BCUT2D eigenvalue weighted by Crippen LogP contribution is -2.25. The van der Waals surface area contributed by atoms with Gasteiger partial charge in [-0.2, -0.15) is 0 Å². The number of nitrogens with two attached hydrogens (primary N) is 1. The van der Waals surface area contributed by atoms with E-state index < -0.39 is 0 Å². The van der Waals surface area contributed by atoms with Crippen LogP contribution in [-0.4, -0.2) is 15.5 Å². The SMILES string of the molecule is Cc1cccc(-c2nc3sc4c(c3c(=O)n2CCCC(N)=O)CCCC4)c1. The molecule has 2 N–H and O–H groups in total. The van der Waals surface area contributed by atoms with Crippen molar-refractivity contribution >= 4 is 27.5 Å². The Morgan fingerprint density at radius 3 is 2.89 bits per heavy atom. The van der Waals surface area contributed by atoms with E-state index in [1.807, 2.05) is 31.2 Å². The monoisotopic (exact) mass is 381 g/mol. The van der Waals surface area contributed by atoms with Gasteiger partial charge in [-0.3, -0.25) is 14.2 Å². The second-order valence-electron chi connectivity index (χ2n) is 7.22. The summed E-state index contributed by atoms with van der Waals surface area (Å²) in [6.45, 7) is 2.47. The summed E-state index contributed by atoms with van der Waals surface area (Å²) >= 11 is 1.67. The van der Waals surface area contributed by atoms with Gasteiger partial charge in [-0.15, -0.1) is 11.3 Å². The van der Waals surface area contributed by atoms with E-state index >= 15 is 0 Å². The van der Waals surface area contributed by atoms with Crippen LogP contribution in [0.15, 0.2) is 29.1 Å². The van der Waals surface area contributed by atoms with Crippen molar-refractivity contribution in [1.29, 1.82) is 0 Å². The van der Waals surface area contributed by atoms with E-state index in [4.69, 9.17) is 10.7 Å². The minimum atomic E-state index is -0.345. The molecule has 2 aromatic heterocycles. The summed E-state index contributed by atoms with van der Waals surface area (Å²) in [5.41, 5.74) is 8.55. The zero-order chi connectivity index (χ0) is 19.0. The van der Waals surface area contributed by atoms with Crippen molar-refractivity contribution in [3.05, 3.63) is 50.6 Å². The Balaban J connectivity index is 1.91. The van der Waals surface area contributed by atoms with Crippen molar-refractivity contribution in [1.82, 2.24) is 9.55 Å². The first-order valence-corrected chi connectivity index (χ1v) is 10.3. The quantitative estimate of drug-likeness (QED) is 0.734. The molecule has 2 heterocycles. The Kier molecular flexibility index (Phi) is 4.83. The van der Waals surface area contributed by atoms with Gasteiger partial charge in [-0.1, -0.05) is 23.8 Å². The highest BCUT2D eigenvalue weighted by molar-refractivity contribution is 7.18. The van der Waals surface area contributed by atoms with Gasteiger partial charge in [0, 0.05) is 23.4 Å². The molecular formula is C21H23N3O2S.